The number of carbonyl (C=O) groups is 2. The minimum Gasteiger partial charge on any atom is -0.465 e. The zero-order chi connectivity index (χ0) is 17.8. The zero-order valence-electron chi connectivity index (χ0n) is 13.9. The summed E-state index contributed by atoms with van der Waals surface area (Å²) in [5, 5.41) is 0. The first-order valence-electron chi connectivity index (χ1n) is 8.08. The van der Waals surface area contributed by atoms with Crippen LogP contribution in [0.2, 0.25) is 0 Å². The Bertz CT molecular complexity index is 786. The van der Waals surface area contributed by atoms with Crippen LogP contribution in [-0.2, 0) is 4.74 Å². The molecule has 0 aromatic heterocycles. The lowest BCUT2D eigenvalue weighted by Crippen LogP contribution is -2.49. The van der Waals surface area contributed by atoms with E-state index in [1.54, 1.807) is 29.2 Å². The molecule has 2 aromatic rings. The molecule has 0 radical (unpaired) electrons. The van der Waals surface area contributed by atoms with Gasteiger partial charge in [-0.05, 0) is 24.3 Å². The number of methoxy groups -OCH3 is 1. The summed E-state index contributed by atoms with van der Waals surface area (Å²) in [5.41, 5.74) is 1.37. The van der Waals surface area contributed by atoms with Crippen LogP contribution in [0.1, 0.15) is 20.7 Å². The van der Waals surface area contributed by atoms with Crippen molar-refractivity contribution in [1.82, 2.24) is 4.90 Å². The highest BCUT2D eigenvalue weighted by molar-refractivity contribution is 5.96. The number of ether oxygens (including phenoxy) is 1. The fourth-order valence-electron chi connectivity index (χ4n) is 2.99. The van der Waals surface area contributed by atoms with Crippen molar-refractivity contribution in [1.29, 1.82) is 0 Å². The van der Waals surface area contributed by atoms with Crippen LogP contribution in [-0.4, -0.2) is 50.1 Å². The Balaban J connectivity index is 1.72. The summed E-state index contributed by atoms with van der Waals surface area (Å²) in [6.07, 6.45) is 0. The van der Waals surface area contributed by atoms with E-state index in [2.05, 4.69) is 0 Å². The molecule has 0 saturated carbocycles. The highest BCUT2D eigenvalue weighted by atomic mass is 19.1. The van der Waals surface area contributed by atoms with Crippen LogP contribution in [0, 0.1) is 5.82 Å². The van der Waals surface area contributed by atoms with E-state index in [1.807, 2.05) is 17.0 Å². The standard InChI is InChI=1S/C19H19FN2O3/c1-25-19(24)15-7-3-5-9-17(15)21-10-12-22(13-11-21)18(23)14-6-2-4-8-16(14)20/h2-9H,10-13H2,1H3. The molecule has 130 valence electrons. The van der Waals surface area contributed by atoms with Crippen molar-refractivity contribution < 1.29 is 18.7 Å². The van der Waals surface area contributed by atoms with Crippen molar-refractivity contribution in [3.8, 4) is 0 Å². The maximum absolute atomic E-state index is 13.8. The average Bonchev–Trinajstić information content (AvgIpc) is 2.67. The smallest absolute Gasteiger partial charge is 0.339 e. The monoisotopic (exact) mass is 342 g/mol. The van der Waals surface area contributed by atoms with Gasteiger partial charge in [0.05, 0.1) is 23.9 Å². The van der Waals surface area contributed by atoms with Gasteiger partial charge in [-0.25, -0.2) is 9.18 Å². The van der Waals surface area contributed by atoms with Gasteiger partial charge in [-0.2, -0.15) is 0 Å². The molecule has 0 spiro atoms. The lowest BCUT2D eigenvalue weighted by molar-refractivity contribution is 0.0599. The van der Waals surface area contributed by atoms with Gasteiger partial charge in [-0.1, -0.05) is 24.3 Å². The van der Waals surface area contributed by atoms with Gasteiger partial charge in [0.2, 0.25) is 0 Å². The summed E-state index contributed by atoms with van der Waals surface area (Å²) in [5.74, 6) is -1.20. The fraction of sp³-hybridized carbons (Fsp3) is 0.263. The molecule has 0 aliphatic carbocycles. The number of halogens is 1. The van der Waals surface area contributed by atoms with Crippen molar-refractivity contribution in [3.05, 3.63) is 65.5 Å². The van der Waals surface area contributed by atoms with Crippen LogP contribution in [0.25, 0.3) is 0 Å². The van der Waals surface area contributed by atoms with Crippen LogP contribution in [0.4, 0.5) is 10.1 Å². The molecule has 5 nitrogen and oxygen atoms in total. The number of rotatable bonds is 3. The molecule has 0 unspecified atom stereocenters. The molecule has 6 heteroatoms. The van der Waals surface area contributed by atoms with Crippen molar-refractivity contribution >= 4 is 17.6 Å². The average molecular weight is 342 g/mol. The number of esters is 1. The first kappa shape index (κ1) is 17.0. The second-order valence-electron chi connectivity index (χ2n) is 5.77. The molecule has 25 heavy (non-hydrogen) atoms. The lowest BCUT2D eigenvalue weighted by atomic mass is 10.1. The number of hydrogen-bond acceptors (Lipinski definition) is 4. The number of amides is 1. The van der Waals surface area contributed by atoms with E-state index in [-0.39, 0.29) is 17.4 Å². The quantitative estimate of drug-likeness (QED) is 0.805. The zero-order valence-corrected chi connectivity index (χ0v) is 13.9. The molecule has 0 N–H and O–H groups in total. The third-order valence-electron chi connectivity index (χ3n) is 4.32. The third-order valence-corrected chi connectivity index (χ3v) is 4.32. The van der Waals surface area contributed by atoms with E-state index in [9.17, 15) is 14.0 Å². The summed E-state index contributed by atoms with van der Waals surface area (Å²) >= 11 is 0. The molecule has 3 rings (SSSR count). The minimum absolute atomic E-state index is 0.0888. The van der Waals surface area contributed by atoms with Crippen LogP contribution < -0.4 is 4.90 Å². The van der Waals surface area contributed by atoms with Gasteiger partial charge in [-0.15, -0.1) is 0 Å². The predicted octanol–water partition coefficient (Wildman–Crippen LogP) is 2.57. The normalized spacial score (nSPS) is 14.3. The molecular formula is C19H19FN2O3. The first-order chi connectivity index (χ1) is 12.1. The first-order valence-corrected chi connectivity index (χ1v) is 8.08. The number of benzene rings is 2. The maximum atomic E-state index is 13.8. The topological polar surface area (TPSA) is 49.9 Å². The Morgan fingerprint density at radius 3 is 2.16 bits per heavy atom. The summed E-state index contributed by atoms with van der Waals surface area (Å²) < 4.78 is 18.6. The van der Waals surface area contributed by atoms with E-state index >= 15 is 0 Å². The van der Waals surface area contributed by atoms with E-state index in [0.717, 1.165) is 5.69 Å². The SMILES string of the molecule is COC(=O)c1ccccc1N1CCN(C(=O)c2ccccc2F)CC1. The van der Waals surface area contributed by atoms with Crippen molar-refractivity contribution in [2.75, 3.05) is 38.2 Å². The summed E-state index contributed by atoms with van der Waals surface area (Å²) in [6.45, 7) is 2.05. The van der Waals surface area contributed by atoms with Crippen LogP contribution >= 0.6 is 0 Å². The molecule has 0 atom stereocenters. The molecule has 1 amide bonds. The van der Waals surface area contributed by atoms with Crippen molar-refractivity contribution in [2.24, 2.45) is 0 Å². The number of anilines is 1. The second-order valence-corrected chi connectivity index (χ2v) is 5.77. The Labute approximate surface area is 145 Å². The molecular weight excluding hydrogens is 323 g/mol. The molecule has 0 bridgehead atoms. The van der Waals surface area contributed by atoms with Gasteiger partial charge >= 0.3 is 5.97 Å². The molecule has 1 fully saturated rings. The van der Waals surface area contributed by atoms with Gasteiger partial charge < -0.3 is 14.5 Å². The Hall–Kier alpha value is -2.89. The van der Waals surface area contributed by atoms with Crippen LogP contribution in [0.3, 0.4) is 0 Å². The number of nitrogens with zero attached hydrogens (tertiary/aromatic N) is 2. The fourth-order valence-corrected chi connectivity index (χ4v) is 2.99. The predicted molar refractivity (Wildman–Crippen MR) is 92.3 cm³/mol. The summed E-state index contributed by atoms with van der Waals surface area (Å²) in [4.78, 5) is 28.1. The molecule has 1 aliphatic heterocycles. The van der Waals surface area contributed by atoms with Crippen LogP contribution in [0.15, 0.2) is 48.5 Å². The maximum Gasteiger partial charge on any atom is 0.339 e. The highest BCUT2D eigenvalue weighted by Crippen LogP contribution is 2.23. The number of para-hydroxylation sites is 1. The number of carbonyl (C=O) groups excluding carboxylic acids is 2. The van der Waals surface area contributed by atoms with Gasteiger partial charge in [0, 0.05) is 26.2 Å². The Kier molecular flexibility index (Phi) is 4.97. The van der Waals surface area contributed by atoms with Gasteiger partial charge in [0.25, 0.3) is 5.91 Å². The molecule has 1 heterocycles. The summed E-state index contributed by atoms with van der Waals surface area (Å²) in [6, 6.07) is 13.2. The lowest BCUT2D eigenvalue weighted by Gasteiger charge is -2.36. The third kappa shape index (κ3) is 3.47. The van der Waals surface area contributed by atoms with Crippen molar-refractivity contribution in [2.45, 2.75) is 0 Å². The number of hydrogen-bond donors (Lipinski definition) is 0. The van der Waals surface area contributed by atoms with Gasteiger partial charge in [0.15, 0.2) is 0 Å². The highest BCUT2D eigenvalue weighted by Gasteiger charge is 2.25. The van der Waals surface area contributed by atoms with Gasteiger partial charge in [0.1, 0.15) is 5.82 Å². The van der Waals surface area contributed by atoms with E-state index in [0.29, 0.717) is 31.7 Å². The van der Waals surface area contributed by atoms with E-state index < -0.39 is 5.82 Å². The van der Waals surface area contributed by atoms with E-state index in [4.69, 9.17) is 4.74 Å². The minimum atomic E-state index is -0.508. The Morgan fingerprint density at radius 2 is 1.52 bits per heavy atom. The van der Waals surface area contributed by atoms with E-state index in [1.165, 1.54) is 19.2 Å². The summed E-state index contributed by atoms with van der Waals surface area (Å²) in [7, 11) is 1.35. The van der Waals surface area contributed by atoms with Crippen LogP contribution in [0.5, 0.6) is 0 Å². The number of piperazine rings is 1. The molecule has 1 aliphatic rings. The Morgan fingerprint density at radius 1 is 0.920 bits per heavy atom. The molecule has 2 aromatic carbocycles. The second kappa shape index (κ2) is 7.34. The van der Waals surface area contributed by atoms with Crippen molar-refractivity contribution in [3.63, 3.8) is 0 Å². The largest absolute Gasteiger partial charge is 0.465 e. The molecule has 1 saturated heterocycles. The van der Waals surface area contributed by atoms with Gasteiger partial charge in [-0.3, -0.25) is 4.79 Å².